The van der Waals surface area contributed by atoms with E-state index in [0.717, 1.165) is 5.56 Å². The molecule has 0 aliphatic carbocycles. The quantitative estimate of drug-likeness (QED) is 0.938. The summed E-state index contributed by atoms with van der Waals surface area (Å²) in [7, 11) is 1.67. The Morgan fingerprint density at radius 2 is 2.21 bits per heavy atom. The summed E-state index contributed by atoms with van der Waals surface area (Å²) in [6.07, 6.45) is 3.38. The fourth-order valence-electron chi connectivity index (χ4n) is 1.73. The maximum absolute atomic E-state index is 12.2. The van der Waals surface area contributed by atoms with Crippen molar-refractivity contribution in [2.75, 3.05) is 7.05 Å². The van der Waals surface area contributed by atoms with E-state index in [0.29, 0.717) is 11.6 Å². The molecule has 98 valence electrons. The average Bonchev–Trinajstić information content (AvgIpc) is 2.39. The SMILES string of the molecule is CN(Cc1cccnc1)C(=O)c1ccc(Cl)cc1O. The number of hydrogen-bond acceptors (Lipinski definition) is 3. The van der Waals surface area contributed by atoms with Gasteiger partial charge in [0.2, 0.25) is 0 Å². The van der Waals surface area contributed by atoms with Crippen LogP contribution in [0.15, 0.2) is 42.7 Å². The molecular formula is C14H13ClN2O2. The Morgan fingerprint density at radius 1 is 1.42 bits per heavy atom. The van der Waals surface area contributed by atoms with Gasteiger partial charge < -0.3 is 10.0 Å². The summed E-state index contributed by atoms with van der Waals surface area (Å²) < 4.78 is 0. The second-order valence-electron chi connectivity index (χ2n) is 4.18. The topological polar surface area (TPSA) is 53.4 Å². The van der Waals surface area contributed by atoms with Gasteiger partial charge in [0.15, 0.2) is 0 Å². The van der Waals surface area contributed by atoms with Crippen LogP contribution in [-0.4, -0.2) is 27.9 Å². The molecule has 5 heteroatoms. The second-order valence-corrected chi connectivity index (χ2v) is 4.62. The number of hydrogen-bond donors (Lipinski definition) is 1. The number of halogens is 1. The van der Waals surface area contributed by atoms with Gasteiger partial charge in [-0.2, -0.15) is 0 Å². The largest absolute Gasteiger partial charge is 0.507 e. The minimum absolute atomic E-state index is 0.115. The standard InChI is InChI=1S/C14H13ClN2O2/c1-17(9-10-3-2-6-16-8-10)14(19)12-5-4-11(15)7-13(12)18/h2-8,18H,9H2,1H3. The molecule has 0 aliphatic heterocycles. The van der Waals surface area contributed by atoms with Crippen molar-refractivity contribution in [1.82, 2.24) is 9.88 Å². The van der Waals surface area contributed by atoms with E-state index >= 15 is 0 Å². The number of nitrogens with zero attached hydrogens (tertiary/aromatic N) is 2. The molecule has 0 spiro atoms. The Balaban J connectivity index is 2.15. The highest BCUT2D eigenvalue weighted by Crippen LogP contribution is 2.23. The molecule has 0 unspecified atom stereocenters. The maximum atomic E-state index is 12.2. The number of aromatic hydroxyl groups is 1. The van der Waals surface area contributed by atoms with Gasteiger partial charge in [-0.05, 0) is 29.8 Å². The number of phenols is 1. The summed E-state index contributed by atoms with van der Waals surface area (Å²) in [5.41, 5.74) is 1.16. The van der Waals surface area contributed by atoms with Crippen molar-refractivity contribution < 1.29 is 9.90 Å². The van der Waals surface area contributed by atoms with Gasteiger partial charge in [-0.15, -0.1) is 0 Å². The molecule has 1 heterocycles. The Labute approximate surface area is 116 Å². The predicted molar refractivity (Wildman–Crippen MR) is 73.2 cm³/mol. The third-order valence-corrected chi connectivity index (χ3v) is 2.91. The lowest BCUT2D eigenvalue weighted by molar-refractivity contribution is 0.0782. The smallest absolute Gasteiger partial charge is 0.257 e. The normalized spacial score (nSPS) is 10.2. The van der Waals surface area contributed by atoms with Gasteiger partial charge in [-0.1, -0.05) is 17.7 Å². The van der Waals surface area contributed by atoms with Crippen LogP contribution in [0.3, 0.4) is 0 Å². The second kappa shape index (κ2) is 5.71. The number of pyridine rings is 1. The van der Waals surface area contributed by atoms with Crippen molar-refractivity contribution in [3.05, 3.63) is 58.9 Å². The Kier molecular flexibility index (Phi) is 4.02. The molecule has 0 bridgehead atoms. The summed E-state index contributed by atoms with van der Waals surface area (Å²) in [6, 6.07) is 8.14. The molecule has 1 amide bonds. The highest BCUT2D eigenvalue weighted by molar-refractivity contribution is 6.30. The van der Waals surface area contributed by atoms with E-state index < -0.39 is 0 Å². The number of benzene rings is 1. The third-order valence-electron chi connectivity index (χ3n) is 2.68. The van der Waals surface area contributed by atoms with Crippen LogP contribution >= 0.6 is 11.6 Å². The maximum Gasteiger partial charge on any atom is 0.257 e. The summed E-state index contributed by atoms with van der Waals surface area (Å²) in [4.78, 5) is 17.7. The Bertz CT molecular complexity index is 587. The average molecular weight is 277 g/mol. The number of aromatic nitrogens is 1. The van der Waals surface area contributed by atoms with Gasteiger partial charge in [0, 0.05) is 31.0 Å². The molecule has 0 saturated carbocycles. The van der Waals surface area contributed by atoms with E-state index in [4.69, 9.17) is 11.6 Å². The first kappa shape index (κ1) is 13.4. The lowest BCUT2D eigenvalue weighted by Crippen LogP contribution is -2.26. The van der Waals surface area contributed by atoms with Crippen LogP contribution < -0.4 is 0 Å². The van der Waals surface area contributed by atoms with E-state index in [2.05, 4.69) is 4.98 Å². The van der Waals surface area contributed by atoms with Gasteiger partial charge in [0.25, 0.3) is 5.91 Å². The molecular weight excluding hydrogens is 264 g/mol. The van der Waals surface area contributed by atoms with Crippen LogP contribution in [0.1, 0.15) is 15.9 Å². The number of rotatable bonds is 3. The van der Waals surface area contributed by atoms with Gasteiger partial charge >= 0.3 is 0 Å². The monoisotopic (exact) mass is 276 g/mol. The van der Waals surface area contributed by atoms with Gasteiger partial charge in [-0.3, -0.25) is 9.78 Å². The zero-order chi connectivity index (χ0) is 13.8. The molecule has 2 rings (SSSR count). The highest BCUT2D eigenvalue weighted by Gasteiger charge is 2.16. The number of carbonyl (C=O) groups is 1. The van der Waals surface area contributed by atoms with Crippen LogP contribution in [0.25, 0.3) is 0 Å². The van der Waals surface area contributed by atoms with Gasteiger partial charge in [-0.25, -0.2) is 0 Å². The minimum atomic E-state index is -0.266. The van der Waals surface area contributed by atoms with E-state index in [1.165, 1.54) is 17.0 Å². The van der Waals surface area contributed by atoms with Crippen molar-refractivity contribution >= 4 is 17.5 Å². The Hall–Kier alpha value is -2.07. The first-order valence-electron chi connectivity index (χ1n) is 5.71. The lowest BCUT2D eigenvalue weighted by Gasteiger charge is -2.17. The van der Waals surface area contributed by atoms with E-state index in [1.807, 2.05) is 12.1 Å². The first-order chi connectivity index (χ1) is 9.08. The molecule has 1 aromatic heterocycles. The molecule has 19 heavy (non-hydrogen) atoms. The van der Waals surface area contributed by atoms with Crippen molar-refractivity contribution in [2.45, 2.75) is 6.54 Å². The van der Waals surface area contributed by atoms with E-state index in [-0.39, 0.29) is 17.2 Å². The van der Waals surface area contributed by atoms with Crippen LogP contribution in [0.5, 0.6) is 5.75 Å². The van der Waals surface area contributed by atoms with Crippen LogP contribution in [-0.2, 0) is 6.54 Å². The fourth-order valence-corrected chi connectivity index (χ4v) is 1.89. The molecule has 0 fully saturated rings. The number of carbonyl (C=O) groups excluding carboxylic acids is 1. The fraction of sp³-hybridized carbons (Fsp3) is 0.143. The first-order valence-corrected chi connectivity index (χ1v) is 6.08. The predicted octanol–water partition coefficient (Wildman–Crippen LogP) is 2.71. The lowest BCUT2D eigenvalue weighted by atomic mass is 10.1. The van der Waals surface area contributed by atoms with Crippen LogP contribution in [0.4, 0.5) is 0 Å². The van der Waals surface area contributed by atoms with Crippen molar-refractivity contribution in [2.24, 2.45) is 0 Å². The van der Waals surface area contributed by atoms with Gasteiger partial charge in [0.05, 0.1) is 5.56 Å². The molecule has 4 nitrogen and oxygen atoms in total. The minimum Gasteiger partial charge on any atom is -0.507 e. The Morgan fingerprint density at radius 3 is 2.84 bits per heavy atom. The third kappa shape index (κ3) is 3.23. The summed E-state index contributed by atoms with van der Waals surface area (Å²) in [6.45, 7) is 0.425. The zero-order valence-electron chi connectivity index (χ0n) is 10.4. The van der Waals surface area contributed by atoms with Gasteiger partial charge in [0.1, 0.15) is 5.75 Å². The number of phenolic OH excluding ortho intramolecular Hbond substituents is 1. The van der Waals surface area contributed by atoms with E-state index in [9.17, 15) is 9.90 Å². The van der Waals surface area contributed by atoms with Crippen LogP contribution in [0, 0.1) is 0 Å². The summed E-state index contributed by atoms with van der Waals surface area (Å²) in [5, 5.41) is 10.1. The molecule has 0 atom stereocenters. The van der Waals surface area contributed by atoms with Crippen molar-refractivity contribution in [1.29, 1.82) is 0 Å². The molecule has 2 aromatic rings. The molecule has 0 saturated heterocycles. The molecule has 1 aromatic carbocycles. The number of amides is 1. The summed E-state index contributed by atoms with van der Waals surface area (Å²) in [5.74, 6) is -0.381. The molecule has 0 radical (unpaired) electrons. The summed E-state index contributed by atoms with van der Waals surface area (Å²) >= 11 is 5.74. The van der Waals surface area contributed by atoms with Crippen molar-refractivity contribution in [3.8, 4) is 5.75 Å². The van der Waals surface area contributed by atoms with Crippen molar-refractivity contribution in [3.63, 3.8) is 0 Å². The zero-order valence-corrected chi connectivity index (χ0v) is 11.1. The highest BCUT2D eigenvalue weighted by atomic mass is 35.5. The molecule has 0 aliphatic rings. The molecule has 1 N–H and O–H groups in total. The van der Waals surface area contributed by atoms with Crippen LogP contribution in [0.2, 0.25) is 5.02 Å². The van der Waals surface area contributed by atoms with E-state index in [1.54, 1.807) is 25.5 Å².